The van der Waals surface area contributed by atoms with Crippen LogP contribution in [-0.4, -0.2) is 21.4 Å². The van der Waals surface area contributed by atoms with Crippen LogP contribution in [0, 0.1) is 0 Å². The van der Waals surface area contributed by atoms with Crippen LogP contribution < -0.4 is 10.1 Å². The van der Waals surface area contributed by atoms with Gasteiger partial charge in [0.05, 0.1) is 11.9 Å². The van der Waals surface area contributed by atoms with Gasteiger partial charge in [-0.15, -0.1) is 0 Å². The molecule has 30 heavy (non-hydrogen) atoms. The van der Waals surface area contributed by atoms with Crippen molar-refractivity contribution in [3.05, 3.63) is 114 Å². The monoisotopic (exact) mass is 397 g/mol. The molecule has 0 spiro atoms. The molecule has 148 valence electrons. The summed E-state index contributed by atoms with van der Waals surface area (Å²) in [4.78, 5) is 28.6. The molecule has 6 nitrogen and oxygen atoms in total. The van der Waals surface area contributed by atoms with Crippen LogP contribution in [0.15, 0.2) is 97.6 Å². The van der Waals surface area contributed by atoms with E-state index in [9.17, 15) is 9.59 Å². The second-order valence-corrected chi connectivity index (χ2v) is 6.67. The summed E-state index contributed by atoms with van der Waals surface area (Å²) in [6.45, 7) is 0.686. The van der Waals surface area contributed by atoms with Crippen molar-refractivity contribution in [2.45, 2.75) is 6.54 Å². The predicted octanol–water partition coefficient (Wildman–Crippen LogP) is 4.40. The number of carbonyl (C=O) groups excluding carboxylic acids is 2. The molecule has 4 aromatic rings. The number of benzene rings is 3. The smallest absolute Gasteiger partial charge is 0.343 e. The molecular weight excluding hydrogens is 378 g/mol. The lowest BCUT2D eigenvalue weighted by molar-refractivity contribution is 0.0734. The third kappa shape index (κ3) is 4.80. The first-order valence-corrected chi connectivity index (χ1v) is 9.41. The van der Waals surface area contributed by atoms with Gasteiger partial charge in [-0.05, 0) is 54.1 Å². The highest BCUT2D eigenvalue weighted by atomic mass is 16.5. The summed E-state index contributed by atoms with van der Waals surface area (Å²) in [5.41, 5.74) is 2.71. The number of hydrogen-bond acceptors (Lipinski definition) is 4. The number of nitrogens with one attached hydrogen (secondary N) is 1. The molecule has 0 aliphatic carbocycles. The highest BCUT2D eigenvalue weighted by Crippen LogP contribution is 2.18. The molecule has 0 aliphatic rings. The van der Waals surface area contributed by atoms with Crippen molar-refractivity contribution in [2.75, 3.05) is 5.32 Å². The van der Waals surface area contributed by atoms with E-state index in [0.717, 1.165) is 5.56 Å². The minimum Gasteiger partial charge on any atom is -0.423 e. The number of esters is 1. The summed E-state index contributed by atoms with van der Waals surface area (Å²) in [6, 6.07) is 22.9. The maximum absolute atomic E-state index is 12.4. The number of nitrogens with zero attached hydrogens (tertiary/aromatic N) is 2. The summed E-state index contributed by atoms with van der Waals surface area (Å²) >= 11 is 0. The van der Waals surface area contributed by atoms with Gasteiger partial charge in [0.15, 0.2) is 0 Å². The van der Waals surface area contributed by atoms with Gasteiger partial charge in [-0.1, -0.05) is 30.3 Å². The normalized spacial score (nSPS) is 10.4. The number of imidazole rings is 1. The topological polar surface area (TPSA) is 73.2 Å². The molecule has 0 saturated carbocycles. The molecule has 1 heterocycles. The zero-order valence-electron chi connectivity index (χ0n) is 16.1. The van der Waals surface area contributed by atoms with Gasteiger partial charge in [-0.2, -0.15) is 0 Å². The van der Waals surface area contributed by atoms with Crippen molar-refractivity contribution in [3.8, 4) is 5.75 Å². The Kier molecular flexibility index (Phi) is 5.66. The van der Waals surface area contributed by atoms with E-state index in [1.54, 1.807) is 61.1 Å². The molecule has 0 atom stereocenters. The van der Waals surface area contributed by atoms with Crippen molar-refractivity contribution >= 4 is 17.6 Å². The minimum absolute atomic E-state index is 0.198. The largest absolute Gasteiger partial charge is 0.423 e. The van der Waals surface area contributed by atoms with Gasteiger partial charge in [0.1, 0.15) is 5.75 Å². The molecule has 0 bridgehead atoms. The summed E-state index contributed by atoms with van der Waals surface area (Å²) in [7, 11) is 0. The van der Waals surface area contributed by atoms with E-state index in [0.29, 0.717) is 29.1 Å². The van der Waals surface area contributed by atoms with E-state index < -0.39 is 5.97 Å². The van der Waals surface area contributed by atoms with Gasteiger partial charge in [0.25, 0.3) is 5.91 Å². The number of hydrogen-bond donors (Lipinski definition) is 1. The maximum atomic E-state index is 12.4. The van der Waals surface area contributed by atoms with Gasteiger partial charge < -0.3 is 14.6 Å². The van der Waals surface area contributed by atoms with Crippen molar-refractivity contribution in [3.63, 3.8) is 0 Å². The second-order valence-electron chi connectivity index (χ2n) is 6.67. The quantitative estimate of drug-likeness (QED) is 0.387. The Bertz CT molecular complexity index is 1120. The molecule has 1 N–H and O–H groups in total. The van der Waals surface area contributed by atoms with Crippen molar-refractivity contribution in [2.24, 2.45) is 0 Å². The lowest BCUT2D eigenvalue weighted by atomic mass is 10.1. The number of aromatic nitrogens is 2. The molecule has 6 heteroatoms. The maximum Gasteiger partial charge on any atom is 0.343 e. The fourth-order valence-electron chi connectivity index (χ4n) is 2.90. The molecule has 0 radical (unpaired) electrons. The third-order valence-corrected chi connectivity index (χ3v) is 4.47. The minimum atomic E-state index is -0.440. The molecule has 1 amide bonds. The highest BCUT2D eigenvalue weighted by Gasteiger charge is 2.10. The van der Waals surface area contributed by atoms with E-state index in [1.807, 2.05) is 41.1 Å². The van der Waals surface area contributed by atoms with Crippen LogP contribution in [0.4, 0.5) is 5.69 Å². The molecule has 0 saturated heterocycles. The Hall–Kier alpha value is -4.19. The summed E-state index contributed by atoms with van der Waals surface area (Å²) in [6.07, 6.45) is 5.35. The Balaban J connectivity index is 1.34. The van der Waals surface area contributed by atoms with E-state index in [1.165, 1.54) is 0 Å². The standard InChI is InChI=1S/C24H19N3O3/c28-23(19-4-2-1-3-5-19)26-21-10-12-22(13-11-21)30-24(29)20-8-6-18(7-9-20)16-27-15-14-25-17-27/h1-15,17H,16H2,(H,26,28). The first kappa shape index (κ1) is 19.1. The molecule has 0 fully saturated rings. The van der Waals surface area contributed by atoms with Crippen molar-refractivity contribution < 1.29 is 14.3 Å². The molecule has 4 rings (SSSR count). The fourth-order valence-corrected chi connectivity index (χ4v) is 2.90. The molecule has 3 aromatic carbocycles. The van der Waals surface area contributed by atoms with Crippen molar-refractivity contribution in [1.29, 1.82) is 0 Å². The number of carbonyl (C=O) groups is 2. The van der Waals surface area contributed by atoms with Gasteiger partial charge >= 0.3 is 5.97 Å². The predicted molar refractivity (Wildman–Crippen MR) is 114 cm³/mol. The molecule has 0 unspecified atom stereocenters. The van der Waals surface area contributed by atoms with Gasteiger partial charge in [-0.25, -0.2) is 9.78 Å². The van der Waals surface area contributed by atoms with E-state index >= 15 is 0 Å². The van der Waals surface area contributed by atoms with Crippen LogP contribution in [0.1, 0.15) is 26.3 Å². The average molecular weight is 397 g/mol. The molecule has 1 aromatic heterocycles. The van der Waals surface area contributed by atoms with E-state index in [-0.39, 0.29) is 5.91 Å². The average Bonchev–Trinajstić information content (AvgIpc) is 3.29. The van der Waals surface area contributed by atoms with Crippen LogP contribution in [0.5, 0.6) is 5.75 Å². The third-order valence-electron chi connectivity index (χ3n) is 4.47. The summed E-state index contributed by atoms with van der Waals surface area (Å²) in [5, 5.41) is 2.81. The Morgan fingerprint density at radius 1 is 0.867 bits per heavy atom. The first-order valence-electron chi connectivity index (χ1n) is 9.41. The number of rotatable bonds is 6. The van der Waals surface area contributed by atoms with E-state index in [2.05, 4.69) is 10.3 Å². The lowest BCUT2D eigenvalue weighted by Gasteiger charge is -2.08. The van der Waals surface area contributed by atoms with Crippen LogP contribution in [0.3, 0.4) is 0 Å². The zero-order chi connectivity index (χ0) is 20.8. The number of ether oxygens (including phenoxy) is 1. The number of anilines is 1. The van der Waals surface area contributed by atoms with Crippen molar-refractivity contribution in [1.82, 2.24) is 9.55 Å². The number of amides is 1. The van der Waals surface area contributed by atoms with Gasteiger partial charge in [-0.3, -0.25) is 4.79 Å². The summed E-state index contributed by atoms with van der Waals surface area (Å²) < 4.78 is 7.37. The van der Waals surface area contributed by atoms with Crippen LogP contribution in [0.25, 0.3) is 0 Å². The molecule has 0 aliphatic heterocycles. The fraction of sp³-hybridized carbons (Fsp3) is 0.0417. The Morgan fingerprint density at radius 2 is 1.60 bits per heavy atom. The van der Waals surface area contributed by atoms with Gasteiger partial charge in [0, 0.05) is 30.2 Å². The second kappa shape index (κ2) is 8.87. The Labute approximate surface area is 173 Å². The zero-order valence-corrected chi connectivity index (χ0v) is 16.1. The van der Waals surface area contributed by atoms with E-state index in [4.69, 9.17) is 4.74 Å². The van der Waals surface area contributed by atoms with Crippen LogP contribution >= 0.6 is 0 Å². The van der Waals surface area contributed by atoms with Crippen LogP contribution in [-0.2, 0) is 6.54 Å². The molecular formula is C24H19N3O3. The Morgan fingerprint density at radius 3 is 2.27 bits per heavy atom. The summed E-state index contributed by atoms with van der Waals surface area (Å²) in [5.74, 6) is -0.235. The highest BCUT2D eigenvalue weighted by molar-refractivity contribution is 6.04. The lowest BCUT2D eigenvalue weighted by Crippen LogP contribution is -2.12. The van der Waals surface area contributed by atoms with Crippen LogP contribution in [0.2, 0.25) is 0 Å². The first-order chi connectivity index (χ1) is 14.7. The SMILES string of the molecule is O=C(Nc1ccc(OC(=O)c2ccc(Cn3ccnc3)cc2)cc1)c1ccccc1. The van der Waals surface area contributed by atoms with Gasteiger partial charge in [0.2, 0.25) is 0 Å².